The van der Waals surface area contributed by atoms with Gasteiger partial charge >= 0.3 is 59.1 Å². The van der Waals surface area contributed by atoms with E-state index in [0.29, 0.717) is 12.8 Å². The van der Waals surface area contributed by atoms with E-state index in [9.17, 15) is 29.0 Å². The molecule has 0 amide bonds. The molecule has 5 aliphatic rings. The zero-order valence-corrected chi connectivity index (χ0v) is 26.7. The van der Waals surface area contributed by atoms with Crippen LogP contribution in [0.2, 0.25) is 0 Å². The van der Waals surface area contributed by atoms with E-state index in [0.717, 1.165) is 12.0 Å². The molecule has 4 aliphatic carbocycles. The molecule has 0 aromatic rings. The standard InChI is InChI=1S/C24H33O9P.2Na/c1-21(2)32-19-10-16-15-6-5-13-9-14(25)7-8-22(13,3)20(15)17(26)11-23(16,4)24(19,33-21)18(27)12-31-34(28,29)30;;/h7-9,15-17,19-20,26H,5-6,10-12H2,1-4H3,(H2,28,29,30);;/q;2*+1/p-2/t15?,16-,17?,19+,20+,22?,23?,24+;;/m0../s1. The third kappa shape index (κ3) is 4.62. The van der Waals surface area contributed by atoms with Gasteiger partial charge in [-0.1, -0.05) is 25.5 Å². The number of carbonyl (C=O) groups excluding carboxylic acids is 2. The van der Waals surface area contributed by atoms with E-state index in [1.54, 1.807) is 26.0 Å². The first-order valence-corrected chi connectivity index (χ1v) is 13.3. The smallest absolute Gasteiger partial charge is 0.790 e. The minimum absolute atomic E-state index is 0. The van der Waals surface area contributed by atoms with E-state index in [4.69, 9.17) is 9.47 Å². The SMILES string of the molecule is CC1(C)O[C@@H]2C[C@H]3C4CCC5=CC(=O)C=CC5(C)[C@H]4C(O)CC3(C)[C@]2(C(=O)COP(=O)([O-])[O-])O1.[Na+].[Na+]. The van der Waals surface area contributed by atoms with Crippen molar-refractivity contribution in [2.45, 2.75) is 77.0 Å². The summed E-state index contributed by atoms with van der Waals surface area (Å²) in [5.74, 6) is -1.97. The van der Waals surface area contributed by atoms with Gasteiger partial charge in [-0.3, -0.25) is 9.59 Å². The maximum absolute atomic E-state index is 13.6. The van der Waals surface area contributed by atoms with Crippen molar-refractivity contribution in [1.29, 1.82) is 0 Å². The van der Waals surface area contributed by atoms with Crippen LogP contribution in [0.1, 0.15) is 53.4 Å². The average Bonchev–Trinajstić information content (AvgIpc) is 3.12. The summed E-state index contributed by atoms with van der Waals surface area (Å²) in [5.41, 5.74) is -1.85. The second kappa shape index (κ2) is 10.0. The molecule has 188 valence electrons. The number of phosphoric acid groups is 1. The van der Waals surface area contributed by atoms with Crippen LogP contribution in [0.3, 0.4) is 0 Å². The van der Waals surface area contributed by atoms with Crippen LogP contribution in [0.4, 0.5) is 0 Å². The monoisotopic (exact) mass is 540 g/mol. The van der Waals surface area contributed by atoms with Crippen molar-refractivity contribution in [2.24, 2.45) is 28.6 Å². The van der Waals surface area contributed by atoms with Gasteiger partial charge in [-0.05, 0) is 63.5 Å². The summed E-state index contributed by atoms with van der Waals surface area (Å²) < 4.78 is 28.0. The van der Waals surface area contributed by atoms with Gasteiger partial charge < -0.3 is 33.5 Å². The van der Waals surface area contributed by atoms with Gasteiger partial charge in [0, 0.05) is 16.7 Å². The number of aliphatic hydroxyl groups is 1. The molecule has 9 nitrogen and oxygen atoms in total. The third-order valence-corrected chi connectivity index (χ3v) is 9.70. The van der Waals surface area contributed by atoms with E-state index in [1.807, 2.05) is 13.0 Å². The minimum Gasteiger partial charge on any atom is -0.790 e. The molecule has 0 spiro atoms. The molecule has 0 aromatic heterocycles. The van der Waals surface area contributed by atoms with Gasteiger partial charge in [0.15, 0.2) is 23.0 Å². The number of fused-ring (bicyclic) bond motifs is 7. The Balaban J connectivity index is 0.00000180. The van der Waals surface area contributed by atoms with Crippen molar-refractivity contribution in [3.05, 3.63) is 23.8 Å². The fraction of sp³-hybridized carbons (Fsp3) is 0.750. The molecule has 8 atom stereocenters. The van der Waals surface area contributed by atoms with Crippen LogP contribution in [-0.4, -0.2) is 46.9 Å². The first-order chi connectivity index (χ1) is 15.6. The molecule has 3 saturated carbocycles. The van der Waals surface area contributed by atoms with Gasteiger partial charge in [0.2, 0.25) is 0 Å². The average molecular weight is 540 g/mol. The molecule has 1 saturated heterocycles. The summed E-state index contributed by atoms with van der Waals surface area (Å²) in [6.07, 6.45) is 5.90. The van der Waals surface area contributed by atoms with Crippen LogP contribution in [-0.2, 0) is 28.2 Å². The number of phosphoric ester groups is 1. The molecule has 0 radical (unpaired) electrons. The molecular weight excluding hydrogens is 509 g/mol. The molecule has 0 bridgehead atoms. The molecule has 36 heavy (non-hydrogen) atoms. The Kier molecular flexibility index (Phi) is 8.72. The molecule has 4 fully saturated rings. The van der Waals surface area contributed by atoms with Gasteiger partial charge in [0.1, 0.15) is 6.61 Å². The summed E-state index contributed by atoms with van der Waals surface area (Å²) in [7, 11) is -5.36. The molecule has 4 unspecified atom stereocenters. The van der Waals surface area contributed by atoms with Crippen molar-refractivity contribution in [3.8, 4) is 0 Å². The molecule has 1 N–H and O–H groups in total. The Hall–Kier alpha value is 0.810. The summed E-state index contributed by atoms with van der Waals surface area (Å²) in [5, 5.41) is 11.6. The maximum Gasteiger partial charge on any atom is 1.00 e. The molecule has 5 rings (SSSR count). The predicted molar refractivity (Wildman–Crippen MR) is 115 cm³/mol. The van der Waals surface area contributed by atoms with E-state index in [-0.39, 0.29) is 89.1 Å². The fourth-order valence-electron chi connectivity index (χ4n) is 8.17. The van der Waals surface area contributed by atoms with Crippen LogP contribution < -0.4 is 68.9 Å². The first-order valence-electron chi connectivity index (χ1n) is 11.8. The number of hydrogen-bond donors (Lipinski definition) is 1. The number of rotatable bonds is 4. The van der Waals surface area contributed by atoms with Crippen LogP contribution >= 0.6 is 7.82 Å². The van der Waals surface area contributed by atoms with E-state index in [1.165, 1.54) is 0 Å². The molecule has 0 aromatic carbocycles. The van der Waals surface area contributed by atoms with Crippen molar-refractivity contribution in [1.82, 2.24) is 0 Å². The van der Waals surface area contributed by atoms with Crippen molar-refractivity contribution in [3.63, 3.8) is 0 Å². The van der Waals surface area contributed by atoms with Crippen LogP contribution in [0.5, 0.6) is 0 Å². The quantitative estimate of drug-likeness (QED) is 0.274. The summed E-state index contributed by atoms with van der Waals surface area (Å²) in [6.45, 7) is 6.42. The van der Waals surface area contributed by atoms with Crippen molar-refractivity contribution < 1.29 is 102 Å². The Morgan fingerprint density at radius 3 is 2.56 bits per heavy atom. The normalized spacial score (nSPS) is 44.2. The number of hydrogen-bond acceptors (Lipinski definition) is 9. The topological polar surface area (TPSA) is 145 Å². The Labute approximate surface area is 255 Å². The van der Waals surface area contributed by atoms with E-state index >= 15 is 0 Å². The van der Waals surface area contributed by atoms with Crippen molar-refractivity contribution >= 4 is 19.4 Å². The second-order valence-corrected chi connectivity index (χ2v) is 12.6. The van der Waals surface area contributed by atoms with Gasteiger partial charge in [0.05, 0.1) is 20.0 Å². The Morgan fingerprint density at radius 2 is 1.92 bits per heavy atom. The number of allylic oxidation sites excluding steroid dienone is 4. The van der Waals surface area contributed by atoms with Gasteiger partial charge in [-0.2, -0.15) is 0 Å². The van der Waals surface area contributed by atoms with Crippen LogP contribution in [0.25, 0.3) is 0 Å². The predicted octanol–water partition coefficient (Wildman–Crippen LogP) is -4.81. The Morgan fingerprint density at radius 1 is 1.25 bits per heavy atom. The summed E-state index contributed by atoms with van der Waals surface area (Å²) in [6, 6.07) is 0. The first kappa shape index (κ1) is 31.3. The maximum atomic E-state index is 13.6. The van der Waals surface area contributed by atoms with Crippen molar-refractivity contribution in [2.75, 3.05) is 6.61 Å². The summed E-state index contributed by atoms with van der Waals surface area (Å²) in [4.78, 5) is 47.8. The van der Waals surface area contributed by atoms with Gasteiger partial charge in [0.25, 0.3) is 0 Å². The molecule has 12 heteroatoms. The zero-order valence-electron chi connectivity index (χ0n) is 21.8. The minimum atomic E-state index is -5.36. The van der Waals surface area contributed by atoms with Gasteiger partial charge in [-0.25, -0.2) is 0 Å². The molecule has 1 heterocycles. The zero-order chi connectivity index (χ0) is 24.9. The van der Waals surface area contributed by atoms with Gasteiger partial charge in [-0.15, -0.1) is 0 Å². The third-order valence-electron chi connectivity index (χ3n) is 9.26. The van der Waals surface area contributed by atoms with E-state index < -0.39 is 54.6 Å². The van der Waals surface area contributed by atoms with Crippen LogP contribution in [0, 0.1) is 28.6 Å². The Bertz CT molecular complexity index is 1050. The second-order valence-electron chi connectivity index (χ2n) is 11.4. The fourth-order valence-corrected chi connectivity index (χ4v) is 8.44. The number of ether oxygens (including phenoxy) is 2. The van der Waals surface area contributed by atoms with E-state index in [2.05, 4.69) is 11.4 Å². The molecular formula is C24H31Na2O9P. The number of carbonyl (C=O) groups is 2. The summed E-state index contributed by atoms with van der Waals surface area (Å²) >= 11 is 0. The number of Topliss-reactive ketones (excluding diaryl/α,β-unsaturated/α-hetero) is 1. The largest absolute Gasteiger partial charge is 1.00 e. The number of aliphatic hydroxyl groups excluding tert-OH is 1. The number of ketones is 2. The molecule has 1 aliphatic heterocycles. The van der Waals surface area contributed by atoms with Crippen LogP contribution in [0.15, 0.2) is 23.8 Å².